The van der Waals surface area contributed by atoms with Crippen LogP contribution in [0, 0.1) is 17.3 Å². The van der Waals surface area contributed by atoms with E-state index >= 15 is 0 Å². The van der Waals surface area contributed by atoms with Gasteiger partial charge in [-0.05, 0) is 49.0 Å². The van der Waals surface area contributed by atoms with E-state index < -0.39 is 0 Å². The van der Waals surface area contributed by atoms with E-state index in [4.69, 9.17) is 20.9 Å². The molecule has 0 N–H and O–H groups in total. The fourth-order valence-electron chi connectivity index (χ4n) is 4.99. The molecule has 5 rings (SSSR count). The molecular formula is C18H24BClO2. The fraction of sp³-hybridized carbons (Fsp3) is 0.667. The van der Waals surface area contributed by atoms with Gasteiger partial charge in [0.1, 0.15) is 0 Å². The first-order chi connectivity index (χ1) is 10.4. The Morgan fingerprint density at radius 3 is 2.64 bits per heavy atom. The molecule has 0 aromatic heterocycles. The maximum Gasteiger partial charge on any atom is 0.477 e. The zero-order valence-corrected chi connectivity index (χ0v) is 14.3. The second-order valence-corrected chi connectivity index (χ2v) is 8.60. The van der Waals surface area contributed by atoms with Crippen molar-refractivity contribution >= 4 is 18.7 Å². The van der Waals surface area contributed by atoms with Gasteiger partial charge in [-0.25, -0.2) is 0 Å². The summed E-state index contributed by atoms with van der Waals surface area (Å²) in [5.74, 6) is 1.37. The van der Waals surface area contributed by atoms with Crippen LogP contribution in [-0.2, 0) is 15.7 Å². The van der Waals surface area contributed by atoms with Crippen LogP contribution >= 0.6 is 11.6 Å². The largest absolute Gasteiger partial charge is 0.477 e. The van der Waals surface area contributed by atoms with E-state index in [9.17, 15) is 0 Å². The lowest BCUT2D eigenvalue weighted by Crippen LogP contribution is -2.65. The topological polar surface area (TPSA) is 18.5 Å². The smallest absolute Gasteiger partial charge is 0.404 e. The normalized spacial score (nSPS) is 40.0. The summed E-state index contributed by atoms with van der Waals surface area (Å²) in [6.07, 6.45) is 3.40. The molecule has 118 valence electrons. The van der Waals surface area contributed by atoms with Crippen molar-refractivity contribution in [2.24, 2.45) is 17.3 Å². The van der Waals surface area contributed by atoms with Crippen molar-refractivity contribution in [3.05, 3.63) is 35.9 Å². The monoisotopic (exact) mass is 318 g/mol. The van der Waals surface area contributed by atoms with E-state index in [-0.39, 0.29) is 24.1 Å². The summed E-state index contributed by atoms with van der Waals surface area (Å²) >= 11 is 6.63. The lowest BCUT2D eigenvalue weighted by Gasteiger charge is -2.64. The number of benzene rings is 1. The Balaban J connectivity index is 1.48. The highest BCUT2D eigenvalue weighted by Gasteiger charge is 2.68. The molecule has 1 heterocycles. The second kappa shape index (κ2) is 4.99. The van der Waals surface area contributed by atoms with Crippen LogP contribution < -0.4 is 0 Å². The highest BCUT2D eigenvalue weighted by molar-refractivity contribution is 6.60. The molecule has 1 saturated heterocycles. The van der Waals surface area contributed by atoms with Crippen LogP contribution in [0.2, 0.25) is 0 Å². The molecule has 5 atom stereocenters. The van der Waals surface area contributed by atoms with E-state index in [1.54, 1.807) is 0 Å². The van der Waals surface area contributed by atoms with E-state index in [0.717, 1.165) is 18.8 Å². The first-order valence-corrected chi connectivity index (χ1v) is 8.86. The number of alkyl halides is 1. The van der Waals surface area contributed by atoms with Crippen LogP contribution in [0.25, 0.3) is 0 Å². The summed E-state index contributed by atoms with van der Waals surface area (Å²) in [6.45, 7) is 7.00. The van der Waals surface area contributed by atoms with Crippen molar-refractivity contribution in [3.63, 3.8) is 0 Å². The number of hydrogen-bond donors (Lipinski definition) is 0. The third-order valence-corrected chi connectivity index (χ3v) is 6.90. The van der Waals surface area contributed by atoms with Crippen molar-refractivity contribution in [1.29, 1.82) is 0 Å². The van der Waals surface area contributed by atoms with Crippen LogP contribution in [0.4, 0.5) is 0 Å². The molecule has 0 spiro atoms. The average Bonchev–Trinajstić information content (AvgIpc) is 2.85. The highest BCUT2D eigenvalue weighted by Crippen LogP contribution is 2.65. The number of rotatable bonds is 3. The Bertz CT molecular complexity index is 563. The second-order valence-electron chi connectivity index (χ2n) is 8.04. The SMILES string of the molecule is CC1(C)[C@@H]2C[C@H]3OB([C@H](Cl)Cc4ccccc4)O[C@@]3(C)[C@H]1C2. The Labute approximate surface area is 138 Å². The molecule has 0 amide bonds. The predicted octanol–water partition coefficient (Wildman–Crippen LogP) is 4.10. The molecule has 3 saturated carbocycles. The number of halogens is 1. The molecule has 1 aliphatic heterocycles. The van der Waals surface area contributed by atoms with Gasteiger partial charge in [-0.1, -0.05) is 44.2 Å². The van der Waals surface area contributed by atoms with Crippen LogP contribution in [0.15, 0.2) is 30.3 Å². The van der Waals surface area contributed by atoms with Gasteiger partial charge >= 0.3 is 7.12 Å². The van der Waals surface area contributed by atoms with Gasteiger partial charge in [0.05, 0.1) is 17.0 Å². The molecule has 1 aromatic carbocycles. The van der Waals surface area contributed by atoms with E-state index in [2.05, 4.69) is 32.9 Å². The Kier molecular flexibility index (Phi) is 3.42. The third kappa shape index (κ3) is 2.09. The summed E-state index contributed by atoms with van der Waals surface area (Å²) in [7, 11) is -0.285. The molecule has 3 aliphatic carbocycles. The van der Waals surface area contributed by atoms with Crippen LogP contribution in [0.5, 0.6) is 0 Å². The molecule has 4 aliphatic rings. The van der Waals surface area contributed by atoms with E-state index in [1.807, 2.05) is 18.2 Å². The molecule has 0 unspecified atom stereocenters. The van der Waals surface area contributed by atoms with Gasteiger partial charge in [0.15, 0.2) is 0 Å². The Hall–Kier alpha value is -0.505. The van der Waals surface area contributed by atoms with Gasteiger partial charge in [-0.2, -0.15) is 0 Å². The van der Waals surface area contributed by atoms with E-state index in [0.29, 0.717) is 11.3 Å². The van der Waals surface area contributed by atoms with Crippen molar-refractivity contribution < 1.29 is 9.31 Å². The van der Waals surface area contributed by atoms with Crippen molar-refractivity contribution in [2.75, 3.05) is 0 Å². The first-order valence-electron chi connectivity index (χ1n) is 8.42. The summed E-state index contributed by atoms with van der Waals surface area (Å²) in [4.78, 5) is 0. The molecule has 4 heteroatoms. The zero-order valence-electron chi connectivity index (χ0n) is 13.6. The predicted molar refractivity (Wildman–Crippen MR) is 89.9 cm³/mol. The van der Waals surface area contributed by atoms with Gasteiger partial charge in [-0.15, -0.1) is 11.6 Å². The number of hydrogen-bond acceptors (Lipinski definition) is 2. The van der Waals surface area contributed by atoms with Gasteiger partial charge in [0, 0.05) is 0 Å². The average molecular weight is 319 g/mol. The molecule has 1 aromatic rings. The molecular weight excluding hydrogens is 294 g/mol. The van der Waals surface area contributed by atoms with Crippen LogP contribution in [0.1, 0.15) is 39.2 Å². The van der Waals surface area contributed by atoms with Gasteiger partial charge in [0.25, 0.3) is 0 Å². The van der Waals surface area contributed by atoms with Crippen LogP contribution in [-0.4, -0.2) is 24.1 Å². The Morgan fingerprint density at radius 2 is 1.95 bits per heavy atom. The van der Waals surface area contributed by atoms with Gasteiger partial charge < -0.3 is 9.31 Å². The van der Waals surface area contributed by atoms with Crippen molar-refractivity contribution in [1.82, 2.24) is 0 Å². The summed E-state index contributed by atoms with van der Waals surface area (Å²) in [5, 5.41) is -0.134. The maximum atomic E-state index is 6.63. The molecule has 2 nitrogen and oxygen atoms in total. The van der Waals surface area contributed by atoms with Crippen LogP contribution in [0.3, 0.4) is 0 Å². The standard InChI is InChI=1S/C18H24BClO2/c1-17(2)13-10-14(17)18(3)15(11-13)21-19(22-18)16(20)9-12-7-5-4-6-8-12/h4-8,13-16H,9-11H2,1-3H3/t13-,14-,15+,16+,18-/m0/s1. The molecule has 0 radical (unpaired) electrons. The zero-order chi connectivity index (χ0) is 15.5. The Morgan fingerprint density at radius 1 is 1.23 bits per heavy atom. The van der Waals surface area contributed by atoms with Crippen molar-refractivity contribution in [3.8, 4) is 0 Å². The quantitative estimate of drug-likeness (QED) is 0.617. The summed E-state index contributed by atoms with van der Waals surface area (Å²) in [6, 6.07) is 10.3. The minimum Gasteiger partial charge on any atom is -0.404 e. The van der Waals surface area contributed by atoms with Gasteiger partial charge in [-0.3, -0.25) is 0 Å². The molecule has 22 heavy (non-hydrogen) atoms. The lowest BCUT2D eigenvalue weighted by atomic mass is 9.43. The minimum absolute atomic E-state index is 0.134. The molecule has 4 fully saturated rings. The summed E-state index contributed by atoms with van der Waals surface area (Å²) < 4.78 is 12.7. The summed E-state index contributed by atoms with van der Waals surface area (Å²) in [5.41, 5.74) is 1.46. The fourth-order valence-corrected chi connectivity index (χ4v) is 5.28. The van der Waals surface area contributed by atoms with Crippen molar-refractivity contribution in [2.45, 2.75) is 57.0 Å². The molecule has 2 bridgehead atoms. The van der Waals surface area contributed by atoms with E-state index in [1.165, 1.54) is 12.0 Å². The third-order valence-electron chi connectivity index (χ3n) is 6.54. The first kappa shape index (κ1) is 15.0. The lowest BCUT2D eigenvalue weighted by molar-refractivity contribution is -0.199. The highest BCUT2D eigenvalue weighted by atomic mass is 35.5. The van der Waals surface area contributed by atoms with Gasteiger partial charge in [0.2, 0.25) is 0 Å². The minimum atomic E-state index is -0.285. The maximum absolute atomic E-state index is 6.63.